The normalized spacial score (nSPS) is 22.3. The zero-order valence-corrected chi connectivity index (χ0v) is 25.4. The molecule has 4 aromatic rings. The number of piperazine rings is 1. The highest BCUT2D eigenvalue weighted by Gasteiger charge is 2.43. The van der Waals surface area contributed by atoms with E-state index >= 15 is 0 Å². The van der Waals surface area contributed by atoms with E-state index in [1.54, 1.807) is 17.0 Å². The summed E-state index contributed by atoms with van der Waals surface area (Å²) < 4.78 is 29.5. The average Bonchev–Trinajstić information content (AvgIpc) is 3.51. The van der Waals surface area contributed by atoms with Crippen LogP contribution in [0.15, 0.2) is 54.6 Å². The zero-order valence-electron chi connectivity index (χ0n) is 24.6. The molecule has 230 valence electrons. The number of hydrogen-bond acceptors (Lipinski definition) is 9. The molecule has 3 aliphatic heterocycles. The van der Waals surface area contributed by atoms with Crippen molar-refractivity contribution in [3.63, 3.8) is 0 Å². The lowest BCUT2D eigenvalue weighted by molar-refractivity contribution is -0.129. The number of nitrogens with two attached hydrogens (primary N) is 1. The molecule has 1 amide bonds. The lowest BCUT2D eigenvalue weighted by atomic mass is 9.97. The van der Waals surface area contributed by atoms with Crippen molar-refractivity contribution < 1.29 is 23.1 Å². The second-order valence-corrected chi connectivity index (χ2v) is 13.9. The van der Waals surface area contributed by atoms with Crippen LogP contribution in [0.4, 0.5) is 5.82 Å². The average molecular weight is 617 g/mol. The lowest BCUT2D eigenvalue weighted by Crippen LogP contribution is -2.56. The number of aromatic hydroxyl groups is 1. The summed E-state index contributed by atoms with van der Waals surface area (Å²) in [5, 5.41) is 18.5. The summed E-state index contributed by atoms with van der Waals surface area (Å²) in [6.45, 7) is 2.32. The van der Waals surface area contributed by atoms with Crippen molar-refractivity contribution in [3.05, 3.63) is 54.6 Å². The molecule has 2 bridgehead atoms. The van der Waals surface area contributed by atoms with E-state index < -0.39 is 21.7 Å². The molecule has 1 aromatic heterocycles. The van der Waals surface area contributed by atoms with Gasteiger partial charge in [-0.15, -0.1) is 0 Å². The minimum Gasteiger partial charge on any atom is -0.508 e. The van der Waals surface area contributed by atoms with Gasteiger partial charge in [0.15, 0.2) is 0 Å². The number of phenolic OH excluding ortho intramolecular Hbond substituents is 1. The number of nitrogens with zero attached hydrogens (tertiary/aromatic N) is 5. The van der Waals surface area contributed by atoms with Crippen LogP contribution in [0.1, 0.15) is 25.7 Å². The molecule has 3 saturated heterocycles. The lowest BCUT2D eigenvalue weighted by Gasteiger charge is -2.42. The number of fused-ring (bicyclic) bond motifs is 4. The number of sulfonamides is 1. The highest BCUT2D eigenvalue weighted by Crippen LogP contribution is 2.40. The molecule has 11 nitrogen and oxygen atoms in total. The molecule has 2 unspecified atom stereocenters. The summed E-state index contributed by atoms with van der Waals surface area (Å²) in [5.41, 5.74) is 2.54. The summed E-state index contributed by atoms with van der Waals surface area (Å²) >= 11 is 0. The standard InChI is InChI=1S/C32H36N6O5S/c1-36-12-4-6-24(36)18-43-32-34-29-14-21(28-15-25(39)13-20-5-2-3-7-26(20)28)8-11-27(29)31(35-32)38-22-9-10-23(38)17-37(16-22)30(40)19-44(33,41)42/h2-3,5,7-8,11,13-15,22-24,39H,4,6,9-10,12,16-19H2,1H3,(H2,33,41,42)/t22?,23?,24-/m0/s1. The fourth-order valence-electron chi connectivity index (χ4n) is 7.13. The number of hydrogen-bond donors (Lipinski definition) is 2. The van der Waals surface area contributed by atoms with Gasteiger partial charge in [0, 0.05) is 36.6 Å². The monoisotopic (exact) mass is 616 g/mol. The van der Waals surface area contributed by atoms with Crippen LogP contribution in [0.3, 0.4) is 0 Å². The Balaban J connectivity index is 1.28. The first-order valence-corrected chi connectivity index (χ1v) is 16.8. The van der Waals surface area contributed by atoms with Gasteiger partial charge in [0.05, 0.1) is 5.52 Å². The number of phenols is 1. The highest BCUT2D eigenvalue weighted by molar-refractivity contribution is 7.89. The molecular formula is C32H36N6O5S. The number of ether oxygens (including phenoxy) is 1. The Labute approximate surface area is 256 Å². The van der Waals surface area contributed by atoms with Crippen LogP contribution in [-0.4, -0.2) is 96.4 Å². The minimum absolute atomic E-state index is 0.0280. The number of likely N-dealkylation sites (N-methyl/N-ethyl adjacent to an activating group) is 1. The van der Waals surface area contributed by atoms with E-state index in [1.807, 2.05) is 42.5 Å². The number of carbonyl (C=O) groups is 1. The largest absolute Gasteiger partial charge is 0.508 e. The molecule has 0 spiro atoms. The van der Waals surface area contributed by atoms with Crippen molar-refractivity contribution >= 4 is 43.4 Å². The van der Waals surface area contributed by atoms with Crippen molar-refractivity contribution in [1.29, 1.82) is 0 Å². The summed E-state index contributed by atoms with van der Waals surface area (Å²) in [6.07, 6.45) is 3.90. The van der Waals surface area contributed by atoms with Gasteiger partial charge in [-0.3, -0.25) is 4.79 Å². The third-order valence-electron chi connectivity index (χ3n) is 9.29. The van der Waals surface area contributed by atoms with Crippen molar-refractivity contribution in [2.24, 2.45) is 5.14 Å². The second kappa shape index (κ2) is 11.2. The van der Waals surface area contributed by atoms with E-state index in [2.05, 4.69) is 16.8 Å². The van der Waals surface area contributed by atoms with Crippen LogP contribution >= 0.6 is 0 Å². The van der Waals surface area contributed by atoms with Crippen LogP contribution in [0.2, 0.25) is 0 Å². The van der Waals surface area contributed by atoms with E-state index in [-0.39, 0.29) is 17.8 Å². The predicted molar refractivity (Wildman–Crippen MR) is 169 cm³/mol. The molecule has 0 radical (unpaired) electrons. The molecule has 3 aliphatic rings. The Morgan fingerprint density at radius 3 is 2.52 bits per heavy atom. The fraction of sp³-hybridized carbons (Fsp3) is 0.406. The molecule has 4 heterocycles. The molecule has 3 atom stereocenters. The maximum atomic E-state index is 12.7. The van der Waals surface area contributed by atoms with Crippen LogP contribution in [-0.2, 0) is 14.8 Å². The Morgan fingerprint density at radius 2 is 1.80 bits per heavy atom. The summed E-state index contributed by atoms with van der Waals surface area (Å²) in [4.78, 5) is 28.8. The Morgan fingerprint density at radius 1 is 1.02 bits per heavy atom. The van der Waals surface area contributed by atoms with E-state index in [0.29, 0.717) is 31.7 Å². The van der Waals surface area contributed by atoms with Gasteiger partial charge in [-0.1, -0.05) is 30.3 Å². The topological polar surface area (TPSA) is 142 Å². The van der Waals surface area contributed by atoms with Gasteiger partial charge in [0.1, 0.15) is 23.9 Å². The van der Waals surface area contributed by atoms with E-state index in [1.165, 1.54) is 0 Å². The molecule has 12 heteroatoms. The molecule has 3 fully saturated rings. The number of primary sulfonamides is 1. The van der Waals surface area contributed by atoms with Gasteiger partial charge >= 0.3 is 6.01 Å². The molecule has 44 heavy (non-hydrogen) atoms. The van der Waals surface area contributed by atoms with Crippen molar-refractivity contribution in [3.8, 4) is 22.9 Å². The van der Waals surface area contributed by atoms with Crippen LogP contribution in [0, 0.1) is 0 Å². The molecule has 0 saturated carbocycles. The van der Waals surface area contributed by atoms with Crippen molar-refractivity contribution in [2.45, 2.75) is 43.8 Å². The first kappa shape index (κ1) is 28.8. The number of benzene rings is 3. The van der Waals surface area contributed by atoms with Gasteiger partial charge in [0.25, 0.3) is 0 Å². The molecule has 0 aliphatic carbocycles. The number of amides is 1. The number of likely N-dealkylation sites (tertiary alicyclic amines) is 2. The SMILES string of the molecule is CN1CCC[C@H]1COc1nc(N2C3CCC2CN(C(=O)CS(N)(=O)=O)C3)c2ccc(-c3cc(O)cc4ccccc34)cc2n1. The predicted octanol–water partition coefficient (Wildman–Crippen LogP) is 3.10. The number of carbonyl (C=O) groups excluding carboxylic acids is 1. The molecular weight excluding hydrogens is 580 g/mol. The first-order chi connectivity index (χ1) is 21.1. The summed E-state index contributed by atoms with van der Waals surface area (Å²) in [7, 11) is -1.80. The minimum atomic E-state index is -3.91. The second-order valence-electron chi connectivity index (χ2n) is 12.3. The van der Waals surface area contributed by atoms with Gasteiger partial charge in [-0.05, 0) is 85.4 Å². The molecule has 7 rings (SSSR count). The van der Waals surface area contributed by atoms with Crippen molar-refractivity contribution in [1.82, 2.24) is 19.8 Å². The third-order valence-corrected chi connectivity index (χ3v) is 9.94. The van der Waals surface area contributed by atoms with Crippen molar-refractivity contribution in [2.75, 3.05) is 43.9 Å². The maximum absolute atomic E-state index is 12.7. The Kier molecular flexibility index (Phi) is 7.30. The smallest absolute Gasteiger partial charge is 0.319 e. The highest BCUT2D eigenvalue weighted by atomic mass is 32.2. The molecule has 3 N–H and O–H groups in total. The zero-order chi connectivity index (χ0) is 30.6. The molecule has 3 aromatic carbocycles. The van der Waals surface area contributed by atoms with Crippen LogP contribution in [0.5, 0.6) is 11.8 Å². The maximum Gasteiger partial charge on any atom is 0.319 e. The van der Waals surface area contributed by atoms with E-state index in [4.69, 9.17) is 19.8 Å². The third kappa shape index (κ3) is 5.53. The van der Waals surface area contributed by atoms with Crippen LogP contribution < -0.4 is 14.8 Å². The van der Waals surface area contributed by atoms with Crippen LogP contribution in [0.25, 0.3) is 32.8 Å². The summed E-state index contributed by atoms with van der Waals surface area (Å²) in [6, 6.07) is 18.1. The first-order valence-electron chi connectivity index (χ1n) is 15.1. The Hall–Kier alpha value is -4.00. The van der Waals surface area contributed by atoms with Gasteiger partial charge in [-0.2, -0.15) is 9.97 Å². The summed E-state index contributed by atoms with van der Waals surface area (Å²) in [5.74, 6) is -0.214. The number of rotatable bonds is 7. The van der Waals surface area contributed by atoms with Gasteiger partial charge < -0.3 is 24.5 Å². The Bertz CT molecular complexity index is 1850. The number of anilines is 1. The van der Waals surface area contributed by atoms with E-state index in [9.17, 15) is 18.3 Å². The quantitative estimate of drug-likeness (QED) is 0.320. The van der Waals surface area contributed by atoms with Gasteiger partial charge in [-0.25, -0.2) is 13.6 Å². The van der Waals surface area contributed by atoms with Gasteiger partial charge in [0.2, 0.25) is 15.9 Å². The fourth-order valence-corrected chi connectivity index (χ4v) is 7.66. The van der Waals surface area contributed by atoms with E-state index in [0.717, 1.165) is 70.8 Å². The number of aromatic nitrogens is 2.